The molecule has 1 atom stereocenters. The predicted molar refractivity (Wildman–Crippen MR) is 154 cm³/mol. The molecule has 40 heavy (non-hydrogen) atoms. The number of carbonyl (C=O) groups excluding carboxylic acids is 1. The molecule has 2 heterocycles. The molecule has 1 amide bonds. The van der Waals surface area contributed by atoms with E-state index in [1.807, 2.05) is 52.8 Å². The van der Waals surface area contributed by atoms with Crippen LogP contribution in [0.3, 0.4) is 0 Å². The van der Waals surface area contributed by atoms with Crippen molar-refractivity contribution in [3.63, 3.8) is 0 Å². The number of anilines is 4. The number of rotatable bonds is 8. The van der Waals surface area contributed by atoms with Gasteiger partial charge < -0.3 is 25.1 Å². The van der Waals surface area contributed by atoms with Gasteiger partial charge in [-0.25, -0.2) is 4.79 Å². The first-order chi connectivity index (χ1) is 18.9. The molecule has 206 valence electrons. The Morgan fingerprint density at radius 3 is 2.35 bits per heavy atom. The molecule has 0 bridgehead atoms. The van der Waals surface area contributed by atoms with E-state index in [4.69, 9.17) is 4.42 Å². The van der Waals surface area contributed by atoms with Crippen molar-refractivity contribution in [3.8, 4) is 0 Å². The third kappa shape index (κ3) is 4.47. The van der Waals surface area contributed by atoms with E-state index >= 15 is 0 Å². The molecular weight excluding hydrogens is 510 g/mol. The van der Waals surface area contributed by atoms with Gasteiger partial charge in [-0.1, -0.05) is 45.9 Å². The van der Waals surface area contributed by atoms with Crippen LogP contribution in [0.15, 0.2) is 62.5 Å². The number of amides is 1. The monoisotopic (exact) mass is 541 g/mol. The normalized spacial score (nSPS) is 13.9. The van der Waals surface area contributed by atoms with Crippen molar-refractivity contribution in [2.24, 2.45) is 5.41 Å². The zero-order chi connectivity index (χ0) is 28.9. The fourth-order valence-electron chi connectivity index (χ4n) is 5.25. The SMILES string of the molecule is CCc1ccc(Nc2c(N[C@@H](c3ccc(C)o3)C(C)(C)C)c(=O)c2=O)c2c1CN(c1ccccc1C(=O)O)C2=O. The molecule has 1 aliphatic heterocycles. The van der Waals surface area contributed by atoms with Gasteiger partial charge in [0.25, 0.3) is 16.8 Å². The third-order valence-corrected chi connectivity index (χ3v) is 7.36. The number of fused-ring (bicyclic) bond motifs is 1. The topological polar surface area (TPSA) is 129 Å². The van der Waals surface area contributed by atoms with Crippen molar-refractivity contribution in [1.82, 2.24) is 0 Å². The maximum Gasteiger partial charge on any atom is 0.337 e. The number of nitrogens with one attached hydrogen (secondary N) is 2. The van der Waals surface area contributed by atoms with E-state index in [0.717, 1.165) is 16.9 Å². The van der Waals surface area contributed by atoms with Crippen molar-refractivity contribution < 1.29 is 19.1 Å². The van der Waals surface area contributed by atoms with Crippen molar-refractivity contribution in [1.29, 1.82) is 0 Å². The minimum Gasteiger partial charge on any atom is -0.478 e. The maximum absolute atomic E-state index is 13.8. The summed E-state index contributed by atoms with van der Waals surface area (Å²) in [7, 11) is 0. The molecule has 9 nitrogen and oxygen atoms in total. The molecule has 0 spiro atoms. The van der Waals surface area contributed by atoms with Gasteiger partial charge in [-0.15, -0.1) is 0 Å². The van der Waals surface area contributed by atoms with Crippen LogP contribution in [-0.4, -0.2) is 17.0 Å². The number of carboxylic acid groups (broad SMARTS) is 1. The molecule has 1 aliphatic rings. The van der Waals surface area contributed by atoms with E-state index in [-0.39, 0.29) is 34.8 Å². The number of aryl methyl sites for hydroxylation is 2. The zero-order valence-corrected chi connectivity index (χ0v) is 23.0. The molecule has 1 aromatic heterocycles. The fraction of sp³-hybridized carbons (Fsp3) is 0.290. The fourth-order valence-corrected chi connectivity index (χ4v) is 5.25. The summed E-state index contributed by atoms with van der Waals surface area (Å²) in [6.45, 7) is 10.0. The van der Waals surface area contributed by atoms with Crippen LogP contribution in [0, 0.1) is 12.3 Å². The Kier molecular flexibility index (Phi) is 6.61. The molecule has 0 aliphatic carbocycles. The summed E-state index contributed by atoms with van der Waals surface area (Å²) < 4.78 is 5.84. The lowest BCUT2D eigenvalue weighted by molar-refractivity contribution is 0.0697. The Labute approximate surface area is 231 Å². The summed E-state index contributed by atoms with van der Waals surface area (Å²) in [4.78, 5) is 52.6. The molecule has 0 saturated heterocycles. The first-order valence-corrected chi connectivity index (χ1v) is 13.1. The Morgan fingerprint density at radius 2 is 1.73 bits per heavy atom. The average molecular weight is 542 g/mol. The number of carbonyl (C=O) groups is 2. The minimum atomic E-state index is -1.13. The van der Waals surface area contributed by atoms with E-state index in [1.54, 1.807) is 24.3 Å². The second kappa shape index (κ2) is 9.82. The van der Waals surface area contributed by atoms with Crippen LogP contribution in [-0.2, 0) is 13.0 Å². The standard InChI is InChI=1S/C31H31N3O6/c1-6-17-12-13-20(23-19(17)15-34(29(23)37)21-10-8-7-9-18(21)30(38)39)32-24-25(27(36)26(24)35)33-28(31(3,4)5)22-14-11-16(2)40-22/h7-14,28,32-33H,6,15H2,1-5H3,(H,38,39)/t28-/m0/s1. The van der Waals surface area contributed by atoms with Gasteiger partial charge in [0.1, 0.15) is 22.9 Å². The first kappa shape index (κ1) is 26.9. The van der Waals surface area contributed by atoms with Crippen LogP contribution >= 0.6 is 0 Å². The lowest BCUT2D eigenvalue weighted by atomic mass is 9.84. The van der Waals surface area contributed by atoms with E-state index in [2.05, 4.69) is 10.6 Å². The summed E-state index contributed by atoms with van der Waals surface area (Å²) in [6.07, 6.45) is 0.660. The number of hydrogen-bond donors (Lipinski definition) is 3. The van der Waals surface area contributed by atoms with Crippen LogP contribution in [0.2, 0.25) is 0 Å². The van der Waals surface area contributed by atoms with Gasteiger partial charge in [-0.2, -0.15) is 0 Å². The number of aromatic carboxylic acids is 1. The highest BCUT2D eigenvalue weighted by molar-refractivity contribution is 6.16. The Morgan fingerprint density at radius 1 is 1.02 bits per heavy atom. The summed E-state index contributed by atoms with van der Waals surface area (Å²) in [5, 5.41) is 16.0. The zero-order valence-electron chi connectivity index (χ0n) is 23.0. The van der Waals surface area contributed by atoms with Crippen molar-refractivity contribution in [2.75, 3.05) is 15.5 Å². The highest BCUT2D eigenvalue weighted by atomic mass is 16.4. The Hall–Kier alpha value is -4.66. The Bertz CT molecular complexity index is 1720. The van der Waals surface area contributed by atoms with Crippen molar-refractivity contribution in [2.45, 2.75) is 53.6 Å². The van der Waals surface area contributed by atoms with Crippen LogP contribution in [0.4, 0.5) is 22.7 Å². The number of nitrogens with zero attached hydrogens (tertiary/aromatic N) is 1. The van der Waals surface area contributed by atoms with Gasteiger partial charge in [-0.05, 0) is 60.2 Å². The first-order valence-electron chi connectivity index (χ1n) is 13.1. The summed E-state index contributed by atoms with van der Waals surface area (Å²) in [5.74, 6) is -0.144. The second-order valence-electron chi connectivity index (χ2n) is 11.1. The lowest BCUT2D eigenvalue weighted by Crippen LogP contribution is -2.39. The highest BCUT2D eigenvalue weighted by Crippen LogP contribution is 2.40. The van der Waals surface area contributed by atoms with Crippen LogP contribution < -0.4 is 26.4 Å². The molecule has 5 rings (SSSR count). The smallest absolute Gasteiger partial charge is 0.337 e. The van der Waals surface area contributed by atoms with E-state index in [9.17, 15) is 24.3 Å². The third-order valence-electron chi connectivity index (χ3n) is 7.36. The average Bonchev–Trinajstić information content (AvgIpc) is 3.50. The number of hydrogen-bond acceptors (Lipinski definition) is 7. The lowest BCUT2D eigenvalue weighted by Gasteiger charge is -2.31. The minimum absolute atomic E-state index is 0.0200. The number of para-hydroxylation sites is 1. The molecular formula is C31H31N3O6. The number of furan rings is 1. The summed E-state index contributed by atoms with van der Waals surface area (Å²) >= 11 is 0. The van der Waals surface area contributed by atoms with Crippen molar-refractivity contribution >= 4 is 34.6 Å². The van der Waals surface area contributed by atoms with Gasteiger partial charge >= 0.3 is 5.97 Å². The van der Waals surface area contributed by atoms with Crippen LogP contribution in [0.1, 0.15) is 77.1 Å². The predicted octanol–water partition coefficient (Wildman–Crippen LogP) is 5.55. The van der Waals surface area contributed by atoms with E-state index < -0.39 is 22.9 Å². The molecule has 9 heteroatoms. The van der Waals surface area contributed by atoms with Gasteiger partial charge in [0.2, 0.25) is 0 Å². The largest absolute Gasteiger partial charge is 0.478 e. The molecule has 4 aromatic rings. The molecule has 0 radical (unpaired) electrons. The quantitative estimate of drug-likeness (QED) is 0.248. The van der Waals surface area contributed by atoms with Crippen LogP contribution in [0.5, 0.6) is 0 Å². The summed E-state index contributed by atoms with van der Waals surface area (Å²) in [6, 6.07) is 13.2. The second-order valence-corrected chi connectivity index (χ2v) is 11.1. The maximum atomic E-state index is 13.8. The summed E-state index contributed by atoms with van der Waals surface area (Å²) in [5.41, 5.74) is 1.25. The highest BCUT2D eigenvalue weighted by Gasteiger charge is 2.37. The molecule has 0 saturated carbocycles. The van der Waals surface area contributed by atoms with Gasteiger partial charge in [0.05, 0.1) is 35.1 Å². The Balaban J connectivity index is 1.53. The molecule has 3 N–H and O–H groups in total. The number of benzene rings is 2. The van der Waals surface area contributed by atoms with E-state index in [1.165, 1.54) is 11.0 Å². The van der Waals surface area contributed by atoms with Gasteiger partial charge in [0.15, 0.2) is 0 Å². The van der Waals surface area contributed by atoms with E-state index in [0.29, 0.717) is 29.1 Å². The van der Waals surface area contributed by atoms with Crippen LogP contribution in [0.25, 0.3) is 0 Å². The molecule has 3 aromatic carbocycles. The van der Waals surface area contributed by atoms with Gasteiger partial charge in [-0.3, -0.25) is 14.4 Å². The van der Waals surface area contributed by atoms with Crippen molar-refractivity contribution in [3.05, 3.63) is 103 Å². The molecule has 0 fully saturated rings. The van der Waals surface area contributed by atoms with Gasteiger partial charge in [0, 0.05) is 0 Å². The molecule has 0 unspecified atom stereocenters. The number of carboxylic acids is 1.